The summed E-state index contributed by atoms with van der Waals surface area (Å²) in [6.45, 7) is 4.83. The lowest BCUT2D eigenvalue weighted by molar-refractivity contribution is 0.288. The van der Waals surface area contributed by atoms with Crippen molar-refractivity contribution < 1.29 is 5.11 Å². The number of pyridine rings is 1. The highest BCUT2D eigenvalue weighted by Gasteiger charge is 2.16. The summed E-state index contributed by atoms with van der Waals surface area (Å²) in [6.07, 6.45) is 2.22. The lowest BCUT2D eigenvalue weighted by Gasteiger charge is -2.28. The van der Waals surface area contributed by atoms with Crippen molar-refractivity contribution in [2.75, 3.05) is 18.1 Å². The van der Waals surface area contributed by atoms with Crippen LogP contribution in [0.1, 0.15) is 25.8 Å². The number of aliphatic hydroxyl groups is 1. The molecular formula is C12H16ClN3O. The van der Waals surface area contributed by atoms with Crippen LogP contribution in [0.15, 0.2) is 12.3 Å². The first-order valence-electron chi connectivity index (χ1n) is 5.54. The van der Waals surface area contributed by atoms with Crippen molar-refractivity contribution in [3.8, 4) is 6.07 Å². The van der Waals surface area contributed by atoms with Gasteiger partial charge in [0.1, 0.15) is 16.9 Å². The Labute approximate surface area is 106 Å². The molecule has 0 aliphatic carbocycles. The van der Waals surface area contributed by atoms with E-state index in [4.69, 9.17) is 22.0 Å². The summed E-state index contributed by atoms with van der Waals surface area (Å²) in [5.41, 5.74) is 0.423. The molecule has 0 unspecified atom stereocenters. The number of rotatable bonds is 5. The molecule has 0 saturated carbocycles. The maximum Gasteiger partial charge on any atom is 0.148 e. The molecule has 0 aliphatic rings. The minimum Gasteiger partial charge on any atom is -0.396 e. The summed E-state index contributed by atoms with van der Waals surface area (Å²) >= 11 is 6.14. The fourth-order valence-electron chi connectivity index (χ4n) is 1.57. The SMILES string of the molecule is CC(C)N(CCCO)c1nccc(C#N)c1Cl. The maximum atomic E-state index is 8.92. The highest BCUT2D eigenvalue weighted by molar-refractivity contribution is 6.34. The van der Waals surface area contributed by atoms with Crippen LogP contribution in [0.5, 0.6) is 0 Å². The predicted octanol–water partition coefficient (Wildman–Crippen LogP) is 2.20. The van der Waals surface area contributed by atoms with Gasteiger partial charge in [-0.25, -0.2) is 4.98 Å². The van der Waals surface area contributed by atoms with Crippen molar-refractivity contribution in [1.82, 2.24) is 4.98 Å². The summed E-state index contributed by atoms with van der Waals surface area (Å²) in [6, 6.07) is 3.84. The monoisotopic (exact) mass is 253 g/mol. The second kappa shape index (κ2) is 6.43. The number of hydrogen-bond donors (Lipinski definition) is 1. The van der Waals surface area contributed by atoms with E-state index < -0.39 is 0 Å². The summed E-state index contributed by atoms with van der Waals surface area (Å²) in [7, 11) is 0. The van der Waals surface area contributed by atoms with Gasteiger partial charge in [0.15, 0.2) is 0 Å². The first kappa shape index (κ1) is 13.8. The van der Waals surface area contributed by atoms with E-state index in [1.54, 1.807) is 12.3 Å². The molecule has 0 radical (unpaired) electrons. The number of anilines is 1. The van der Waals surface area contributed by atoms with Crippen molar-refractivity contribution in [3.05, 3.63) is 22.8 Å². The average Bonchev–Trinajstić information content (AvgIpc) is 2.31. The summed E-state index contributed by atoms with van der Waals surface area (Å²) in [5, 5.41) is 18.2. The van der Waals surface area contributed by atoms with E-state index in [1.165, 1.54) is 0 Å². The van der Waals surface area contributed by atoms with Crippen LogP contribution in [0.2, 0.25) is 5.02 Å². The third-order valence-corrected chi connectivity index (χ3v) is 2.82. The average molecular weight is 254 g/mol. The third kappa shape index (κ3) is 3.32. The molecule has 0 atom stereocenters. The van der Waals surface area contributed by atoms with Crippen LogP contribution in [0.25, 0.3) is 0 Å². The molecule has 0 spiro atoms. The number of halogens is 1. The second-order valence-corrected chi connectivity index (χ2v) is 4.35. The topological polar surface area (TPSA) is 60.1 Å². The van der Waals surface area contributed by atoms with Crippen LogP contribution < -0.4 is 4.90 Å². The van der Waals surface area contributed by atoms with E-state index in [-0.39, 0.29) is 12.6 Å². The fraction of sp³-hybridized carbons (Fsp3) is 0.500. The van der Waals surface area contributed by atoms with E-state index in [0.29, 0.717) is 29.4 Å². The van der Waals surface area contributed by atoms with E-state index >= 15 is 0 Å². The predicted molar refractivity (Wildman–Crippen MR) is 68.1 cm³/mol. The Bertz CT molecular complexity index is 415. The van der Waals surface area contributed by atoms with Crippen LogP contribution in [0.3, 0.4) is 0 Å². The van der Waals surface area contributed by atoms with Crippen molar-refractivity contribution in [3.63, 3.8) is 0 Å². The number of aromatic nitrogens is 1. The van der Waals surface area contributed by atoms with Gasteiger partial charge in [-0.15, -0.1) is 0 Å². The van der Waals surface area contributed by atoms with Crippen molar-refractivity contribution in [1.29, 1.82) is 5.26 Å². The first-order valence-corrected chi connectivity index (χ1v) is 5.91. The molecule has 1 heterocycles. The van der Waals surface area contributed by atoms with Crippen LogP contribution >= 0.6 is 11.6 Å². The molecule has 0 saturated heterocycles. The highest BCUT2D eigenvalue weighted by atomic mass is 35.5. The molecule has 1 N–H and O–H groups in total. The van der Waals surface area contributed by atoms with Crippen LogP contribution in [0, 0.1) is 11.3 Å². The zero-order valence-corrected chi connectivity index (χ0v) is 10.8. The van der Waals surface area contributed by atoms with Gasteiger partial charge in [0.2, 0.25) is 0 Å². The first-order chi connectivity index (χ1) is 8.11. The molecule has 1 aromatic rings. The van der Waals surface area contributed by atoms with Gasteiger partial charge in [0.05, 0.1) is 5.56 Å². The normalized spacial score (nSPS) is 10.4. The molecule has 0 aliphatic heterocycles. The molecule has 92 valence electrons. The Hall–Kier alpha value is -1.31. The molecule has 0 fully saturated rings. The Morgan fingerprint density at radius 2 is 2.29 bits per heavy atom. The molecule has 1 aromatic heterocycles. The van der Waals surface area contributed by atoms with E-state index in [1.807, 2.05) is 24.8 Å². The van der Waals surface area contributed by atoms with Gasteiger partial charge in [0.25, 0.3) is 0 Å². The quantitative estimate of drug-likeness (QED) is 0.874. The zero-order valence-electron chi connectivity index (χ0n) is 10.0. The van der Waals surface area contributed by atoms with Crippen molar-refractivity contribution in [2.45, 2.75) is 26.3 Å². The summed E-state index contributed by atoms with van der Waals surface area (Å²) in [4.78, 5) is 6.21. The van der Waals surface area contributed by atoms with E-state index in [0.717, 1.165) is 0 Å². The van der Waals surface area contributed by atoms with Crippen LogP contribution in [-0.2, 0) is 0 Å². The van der Waals surface area contributed by atoms with Gasteiger partial charge >= 0.3 is 0 Å². The molecule has 17 heavy (non-hydrogen) atoms. The smallest absolute Gasteiger partial charge is 0.148 e. The number of hydrogen-bond acceptors (Lipinski definition) is 4. The number of aliphatic hydroxyl groups excluding tert-OH is 1. The largest absolute Gasteiger partial charge is 0.396 e. The molecule has 4 nitrogen and oxygen atoms in total. The van der Waals surface area contributed by atoms with E-state index in [2.05, 4.69) is 4.98 Å². The molecule has 1 rings (SSSR count). The molecule has 0 amide bonds. The number of nitriles is 1. The summed E-state index contributed by atoms with van der Waals surface area (Å²) in [5.74, 6) is 0.606. The van der Waals surface area contributed by atoms with Gasteiger partial charge in [-0.2, -0.15) is 5.26 Å². The van der Waals surface area contributed by atoms with E-state index in [9.17, 15) is 0 Å². The van der Waals surface area contributed by atoms with Crippen molar-refractivity contribution in [2.24, 2.45) is 0 Å². The second-order valence-electron chi connectivity index (χ2n) is 3.97. The van der Waals surface area contributed by atoms with Gasteiger partial charge in [0, 0.05) is 25.4 Å². The Morgan fingerprint density at radius 3 is 2.82 bits per heavy atom. The summed E-state index contributed by atoms with van der Waals surface area (Å²) < 4.78 is 0. The molecule has 5 heteroatoms. The van der Waals surface area contributed by atoms with Crippen LogP contribution in [0.4, 0.5) is 5.82 Å². The lowest BCUT2D eigenvalue weighted by Crippen LogP contribution is -2.33. The van der Waals surface area contributed by atoms with Crippen molar-refractivity contribution >= 4 is 17.4 Å². The van der Waals surface area contributed by atoms with Gasteiger partial charge in [-0.05, 0) is 26.3 Å². The van der Waals surface area contributed by atoms with Gasteiger partial charge in [-0.1, -0.05) is 11.6 Å². The number of nitrogens with zero attached hydrogens (tertiary/aromatic N) is 3. The highest BCUT2D eigenvalue weighted by Crippen LogP contribution is 2.27. The zero-order chi connectivity index (χ0) is 12.8. The van der Waals surface area contributed by atoms with Gasteiger partial charge in [-0.3, -0.25) is 0 Å². The van der Waals surface area contributed by atoms with Gasteiger partial charge < -0.3 is 10.0 Å². The Kier molecular flexibility index (Phi) is 5.20. The Morgan fingerprint density at radius 1 is 1.59 bits per heavy atom. The Balaban J connectivity index is 3.06. The fourth-order valence-corrected chi connectivity index (χ4v) is 1.83. The minimum absolute atomic E-state index is 0.124. The third-order valence-electron chi connectivity index (χ3n) is 2.44. The standard InChI is InChI=1S/C12H16ClN3O/c1-9(2)16(6-3-7-17)12-11(13)10(8-14)4-5-15-12/h4-5,9,17H,3,6-7H2,1-2H3. The molecular weight excluding hydrogens is 238 g/mol. The minimum atomic E-state index is 0.124. The maximum absolute atomic E-state index is 8.92. The molecule has 0 aromatic carbocycles. The molecule has 0 bridgehead atoms. The van der Waals surface area contributed by atoms with Crippen LogP contribution in [-0.4, -0.2) is 29.3 Å². The lowest BCUT2D eigenvalue weighted by atomic mass is 10.2.